The first-order valence-corrected chi connectivity index (χ1v) is 8.26. The minimum absolute atomic E-state index is 0.0128. The number of hydrogen-bond acceptors (Lipinski definition) is 4. The second kappa shape index (κ2) is 7.59. The fourth-order valence-electron chi connectivity index (χ4n) is 3.10. The summed E-state index contributed by atoms with van der Waals surface area (Å²) in [7, 11) is 0. The highest BCUT2D eigenvalue weighted by molar-refractivity contribution is 5.76. The SMILES string of the molecule is Cc1nn(CC(=O)N2CCOCC2CCO)cc1-c1ccccc1. The standard InChI is InChI=1S/C18H23N3O3/c1-14-17(15-5-3-2-4-6-15)11-20(19-14)12-18(23)21-8-10-24-13-16(21)7-9-22/h2-6,11,16,22H,7-10,12-13H2,1H3. The summed E-state index contributed by atoms with van der Waals surface area (Å²) in [6.07, 6.45) is 2.46. The van der Waals surface area contributed by atoms with Gasteiger partial charge in [-0.05, 0) is 18.9 Å². The molecule has 6 nitrogen and oxygen atoms in total. The summed E-state index contributed by atoms with van der Waals surface area (Å²) in [5.41, 5.74) is 3.04. The van der Waals surface area contributed by atoms with E-state index in [2.05, 4.69) is 5.10 Å². The predicted molar refractivity (Wildman–Crippen MR) is 90.4 cm³/mol. The Labute approximate surface area is 141 Å². The Kier molecular flexibility index (Phi) is 5.27. The first-order valence-electron chi connectivity index (χ1n) is 8.26. The number of nitrogens with zero attached hydrogens (tertiary/aromatic N) is 3. The lowest BCUT2D eigenvalue weighted by Gasteiger charge is -2.35. The number of aliphatic hydroxyl groups is 1. The normalized spacial score (nSPS) is 17.9. The van der Waals surface area contributed by atoms with Crippen LogP contribution in [0.15, 0.2) is 36.5 Å². The topological polar surface area (TPSA) is 67.6 Å². The molecule has 1 fully saturated rings. The molecule has 0 aliphatic carbocycles. The van der Waals surface area contributed by atoms with Gasteiger partial charge in [-0.3, -0.25) is 9.48 Å². The van der Waals surface area contributed by atoms with Gasteiger partial charge in [0.1, 0.15) is 6.54 Å². The van der Waals surface area contributed by atoms with Crippen LogP contribution >= 0.6 is 0 Å². The molecule has 6 heteroatoms. The molecule has 1 aromatic heterocycles. The Hall–Kier alpha value is -2.18. The van der Waals surface area contributed by atoms with E-state index in [-0.39, 0.29) is 25.1 Å². The molecule has 1 aromatic carbocycles. The molecule has 0 saturated carbocycles. The molecule has 1 saturated heterocycles. The van der Waals surface area contributed by atoms with Gasteiger partial charge in [-0.2, -0.15) is 5.10 Å². The summed E-state index contributed by atoms with van der Waals surface area (Å²) in [5.74, 6) is 0.0128. The molecule has 0 radical (unpaired) electrons. The summed E-state index contributed by atoms with van der Waals surface area (Å²) in [6, 6.07) is 9.98. The van der Waals surface area contributed by atoms with E-state index in [0.29, 0.717) is 26.2 Å². The molecule has 24 heavy (non-hydrogen) atoms. The van der Waals surface area contributed by atoms with E-state index >= 15 is 0 Å². The minimum Gasteiger partial charge on any atom is -0.396 e. The summed E-state index contributed by atoms with van der Waals surface area (Å²) >= 11 is 0. The Morgan fingerprint density at radius 2 is 2.17 bits per heavy atom. The van der Waals surface area contributed by atoms with Crippen molar-refractivity contribution in [2.24, 2.45) is 0 Å². The van der Waals surface area contributed by atoms with E-state index in [4.69, 9.17) is 9.84 Å². The number of hydrogen-bond donors (Lipinski definition) is 1. The number of morpholine rings is 1. The second-order valence-electron chi connectivity index (χ2n) is 6.02. The molecular weight excluding hydrogens is 306 g/mol. The van der Waals surface area contributed by atoms with Gasteiger partial charge in [0, 0.05) is 24.9 Å². The monoisotopic (exact) mass is 329 g/mol. The lowest BCUT2D eigenvalue weighted by Crippen LogP contribution is -2.50. The lowest BCUT2D eigenvalue weighted by atomic mass is 10.1. The van der Waals surface area contributed by atoms with E-state index in [1.54, 1.807) is 9.58 Å². The largest absolute Gasteiger partial charge is 0.396 e. The van der Waals surface area contributed by atoms with Gasteiger partial charge in [-0.25, -0.2) is 0 Å². The van der Waals surface area contributed by atoms with Gasteiger partial charge in [0.25, 0.3) is 0 Å². The number of aryl methyl sites for hydroxylation is 1. The number of carbonyl (C=O) groups excluding carboxylic acids is 1. The molecule has 0 spiro atoms. The molecule has 1 aliphatic heterocycles. The summed E-state index contributed by atoms with van der Waals surface area (Å²) in [6.45, 7) is 3.80. The molecule has 1 aliphatic rings. The van der Waals surface area contributed by atoms with Gasteiger partial charge in [0.05, 0.1) is 24.9 Å². The molecule has 3 rings (SSSR count). The molecule has 0 bridgehead atoms. The summed E-state index contributed by atoms with van der Waals surface area (Å²) < 4.78 is 7.12. The molecule has 1 amide bonds. The third-order valence-electron chi connectivity index (χ3n) is 4.34. The van der Waals surface area contributed by atoms with Crippen LogP contribution in [0.2, 0.25) is 0 Å². The maximum atomic E-state index is 12.6. The fourth-order valence-corrected chi connectivity index (χ4v) is 3.10. The van der Waals surface area contributed by atoms with Crippen LogP contribution in [0.5, 0.6) is 0 Å². The van der Waals surface area contributed by atoms with Crippen molar-refractivity contribution in [3.05, 3.63) is 42.2 Å². The van der Waals surface area contributed by atoms with Crippen molar-refractivity contribution in [2.75, 3.05) is 26.4 Å². The van der Waals surface area contributed by atoms with Crippen LogP contribution < -0.4 is 0 Å². The van der Waals surface area contributed by atoms with Crippen LogP contribution in [0, 0.1) is 6.92 Å². The van der Waals surface area contributed by atoms with E-state index in [0.717, 1.165) is 16.8 Å². The number of benzene rings is 1. The highest BCUT2D eigenvalue weighted by atomic mass is 16.5. The van der Waals surface area contributed by atoms with E-state index in [9.17, 15) is 4.79 Å². The van der Waals surface area contributed by atoms with Gasteiger partial charge < -0.3 is 14.7 Å². The van der Waals surface area contributed by atoms with Gasteiger partial charge in [0.15, 0.2) is 0 Å². The van der Waals surface area contributed by atoms with Crippen LogP contribution in [0.25, 0.3) is 11.1 Å². The van der Waals surface area contributed by atoms with E-state index in [1.165, 1.54) is 0 Å². The van der Waals surface area contributed by atoms with Gasteiger partial charge in [-0.15, -0.1) is 0 Å². The van der Waals surface area contributed by atoms with Crippen LogP contribution in [-0.2, 0) is 16.1 Å². The Balaban J connectivity index is 1.73. The van der Waals surface area contributed by atoms with Gasteiger partial charge in [-0.1, -0.05) is 30.3 Å². The Morgan fingerprint density at radius 1 is 1.38 bits per heavy atom. The molecule has 1 atom stereocenters. The van der Waals surface area contributed by atoms with E-state index < -0.39 is 0 Å². The second-order valence-corrected chi connectivity index (χ2v) is 6.02. The highest BCUT2D eigenvalue weighted by Gasteiger charge is 2.27. The van der Waals surface area contributed by atoms with Crippen LogP contribution in [-0.4, -0.2) is 58.1 Å². The summed E-state index contributed by atoms with van der Waals surface area (Å²) in [4.78, 5) is 14.4. The first-order chi connectivity index (χ1) is 11.7. The van der Waals surface area contributed by atoms with Crippen molar-refractivity contribution in [2.45, 2.75) is 25.9 Å². The number of amides is 1. The van der Waals surface area contributed by atoms with Crippen molar-refractivity contribution in [1.82, 2.24) is 14.7 Å². The van der Waals surface area contributed by atoms with Crippen molar-refractivity contribution >= 4 is 5.91 Å². The average Bonchev–Trinajstić information content (AvgIpc) is 2.96. The zero-order valence-corrected chi connectivity index (χ0v) is 13.9. The third-order valence-corrected chi connectivity index (χ3v) is 4.34. The molecule has 1 N–H and O–H groups in total. The van der Waals surface area contributed by atoms with Crippen molar-refractivity contribution in [3.8, 4) is 11.1 Å². The lowest BCUT2D eigenvalue weighted by molar-refractivity contribution is -0.141. The number of carbonyl (C=O) groups is 1. The van der Waals surface area contributed by atoms with Gasteiger partial charge in [0.2, 0.25) is 5.91 Å². The minimum atomic E-state index is -0.0542. The van der Waals surface area contributed by atoms with Crippen molar-refractivity contribution < 1.29 is 14.6 Å². The first kappa shape index (κ1) is 16.7. The molecular formula is C18H23N3O3. The number of aromatic nitrogens is 2. The zero-order chi connectivity index (χ0) is 16.9. The highest BCUT2D eigenvalue weighted by Crippen LogP contribution is 2.22. The summed E-state index contributed by atoms with van der Waals surface area (Å²) in [5, 5.41) is 13.6. The molecule has 2 heterocycles. The molecule has 2 aromatic rings. The number of ether oxygens (including phenoxy) is 1. The predicted octanol–water partition coefficient (Wildman–Crippen LogP) is 1.47. The number of aliphatic hydroxyl groups excluding tert-OH is 1. The fraction of sp³-hybridized carbons (Fsp3) is 0.444. The third kappa shape index (κ3) is 3.66. The number of rotatable bonds is 5. The van der Waals surface area contributed by atoms with Crippen molar-refractivity contribution in [1.29, 1.82) is 0 Å². The van der Waals surface area contributed by atoms with E-state index in [1.807, 2.05) is 43.5 Å². The van der Waals surface area contributed by atoms with Crippen LogP contribution in [0.4, 0.5) is 0 Å². The van der Waals surface area contributed by atoms with Crippen LogP contribution in [0.1, 0.15) is 12.1 Å². The average molecular weight is 329 g/mol. The van der Waals surface area contributed by atoms with Crippen molar-refractivity contribution in [3.63, 3.8) is 0 Å². The Morgan fingerprint density at radius 3 is 2.92 bits per heavy atom. The Bertz CT molecular complexity index is 682. The maximum Gasteiger partial charge on any atom is 0.244 e. The maximum absolute atomic E-state index is 12.6. The zero-order valence-electron chi connectivity index (χ0n) is 13.9. The van der Waals surface area contributed by atoms with Crippen LogP contribution in [0.3, 0.4) is 0 Å². The van der Waals surface area contributed by atoms with Gasteiger partial charge >= 0.3 is 0 Å². The molecule has 1 unspecified atom stereocenters. The smallest absolute Gasteiger partial charge is 0.244 e. The quantitative estimate of drug-likeness (QED) is 0.902. The molecule has 128 valence electrons.